The molecule has 3 aliphatic rings. The molecule has 1 amide bonds. The maximum absolute atomic E-state index is 13.2. The molecule has 0 radical (unpaired) electrons. The average Bonchev–Trinajstić information content (AvgIpc) is 3.48. The molecule has 1 aliphatic carbocycles. The summed E-state index contributed by atoms with van der Waals surface area (Å²) in [7, 11) is -3.49. The van der Waals surface area contributed by atoms with Crippen molar-refractivity contribution in [3.8, 4) is 22.3 Å². The first kappa shape index (κ1) is 21.3. The molecule has 174 valence electrons. The van der Waals surface area contributed by atoms with Crippen LogP contribution in [0.25, 0.3) is 22.3 Å². The number of carbonyl (C=O) groups is 1. The van der Waals surface area contributed by atoms with E-state index in [0.29, 0.717) is 29.4 Å². The van der Waals surface area contributed by atoms with Crippen LogP contribution >= 0.6 is 0 Å². The molecule has 0 unspecified atom stereocenters. The highest BCUT2D eigenvalue weighted by Gasteiger charge is 2.55. The minimum Gasteiger partial charge on any atom is -0.383 e. The van der Waals surface area contributed by atoms with E-state index < -0.39 is 10.0 Å². The largest absolute Gasteiger partial charge is 0.383 e. The first-order valence-corrected chi connectivity index (χ1v) is 13.1. The number of pyridine rings is 1. The Morgan fingerprint density at radius 3 is 2.47 bits per heavy atom. The van der Waals surface area contributed by atoms with Gasteiger partial charge < -0.3 is 11.1 Å². The summed E-state index contributed by atoms with van der Waals surface area (Å²) in [6.45, 7) is 1.23. The van der Waals surface area contributed by atoms with Gasteiger partial charge in [0.15, 0.2) is 0 Å². The van der Waals surface area contributed by atoms with Crippen molar-refractivity contribution in [3.05, 3.63) is 65.9 Å². The van der Waals surface area contributed by atoms with Crippen LogP contribution in [0, 0.1) is 0 Å². The number of amides is 1. The second kappa shape index (κ2) is 7.65. The number of aromatic nitrogens is 1. The number of nitrogen functional groups attached to an aromatic ring is 1. The maximum Gasteiger partial charge on any atom is 0.251 e. The Kier molecular flexibility index (Phi) is 4.79. The predicted octanol–water partition coefficient (Wildman–Crippen LogP) is 3.60. The van der Waals surface area contributed by atoms with Crippen LogP contribution in [0.3, 0.4) is 0 Å². The number of hydrogen-bond donors (Lipinski definition) is 2. The lowest BCUT2D eigenvalue weighted by Gasteiger charge is -2.23. The molecule has 7 nitrogen and oxygen atoms in total. The number of nitrogens with two attached hydrogens (primary N) is 1. The van der Waals surface area contributed by atoms with Gasteiger partial charge in [0.1, 0.15) is 5.82 Å². The van der Waals surface area contributed by atoms with Crippen molar-refractivity contribution >= 4 is 21.7 Å². The molecular weight excluding hydrogens is 448 g/mol. The van der Waals surface area contributed by atoms with Crippen molar-refractivity contribution in [2.45, 2.75) is 42.5 Å². The van der Waals surface area contributed by atoms with E-state index in [4.69, 9.17) is 5.73 Å². The maximum atomic E-state index is 13.2. The number of sulfonamides is 1. The Balaban J connectivity index is 1.32. The first-order chi connectivity index (χ1) is 16.4. The van der Waals surface area contributed by atoms with Crippen LogP contribution < -0.4 is 11.1 Å². The van der Waals surface area contributed by atoms with E-state index in [0.717, 1.165) is 59.9 Å². The lowest BCUT2D eigenvalue weighted by Crippen LogP contribution is -2.37. The van der Waals surface area contributed by atoms with Crippen LogP contribution in [0.1, 0.15) is 41.6 Å². The van der Waals surface area contributed by atoms with E-state index in [1.54, 1.807) is 22.6 Å². The fourth-order valence-electron chi connectivity index (χ4n) is 5.34. The lowest BCUT2D eigenvalue weighted by atomic mass is 9.94. The minimum absolute atomic E-state index is 0.0516. The monoisotopic (exact) mass is 474 g/mol. The van der Waals surface area contributed by atoms with Crippen molar-refractivity contribution < 1.29 is 13.2 Å². The highest BCUT2D eigenvalue weighted by Crippen LogP contribution is 2.51. The lowest BCUT2D eigenvalue weighted by molar-refractivity contribution is 0.0946. The van der Waals surface area contributed by atoms with Crippen LogP contribution in [0.5, 0.6) is 0 Å². The molecule has 34 heavy (non-hydrogen) atoms. The molecular formula is C26H26N4O3S. The summed E-state index contributed by atoms with van der Waals surface area (Å²) < 4.78 is 28.2. The van der Waals surface area contributed by atoms with Gasteiger partial charge in [0.25, 0.3) is 5.91 Å². The third kappa shape index (κ3) is 3.40. The highest BCUT2D eigenvalue weighted by atomic mass is 32.2. The van der Waals surface area contributed by atoms with E-state index in [-0.39, 0.29) is 11.4 Å². The van der Waals surface area contributed by atoms with Gasteiger partial charge in [-0.05, 0) is 73.1 Å². The van der Waals surface area contributed by atoms with Gasteiger partial charge in [-0.25, -0.2) is 13.4 Å². The summed E-state index contributed by atoms with van der Waals surface area (Å²) in [6, 6.07) is 14.7. The van der Waals surface area contributed by atoms with E-state index in [1.165, 1.54) is 0 Å². The molecule has 2 aromatic carbocycles. The second-order valence-corrected chi connectivity index (χ2v) is 11.3. The van der Waals surface area contributed by atoms with Gasteiger partial charge in [-0.15, -0.1) is 0 Å². The number of carbonyl (C=O) groups excluding carboxylic acids is 1. The third-order valence-electron chi connectivity index (χ3n) is 7.39. The van der Waals surface area contributed by atoms with Crippen LogP contribution in [0.4, 0.5) is 5.82 Å². The Morgan fingerprint density at radius 2 is 1.71 bits per heavy atom. The Morgan fingerprint density at radius 1 is 0.941 bits per heavy atom. The standard InChI is InChI=1S/C26H26N4O3S/c27-24-23(18-4-7-22-19(14-18)8-12-28-25(22)31)15-20(16-29-24)17-2-5-21(6-3-17)34(32,33)30-13-1-9-26(30)10-11-26/h2-7,14-16H,1,8-13H2,(H2,27,29)(H,28,31). The second-order valence-electron chi connectivity index (χ2n) is 9.46. The minimum atomic E-state index is -3.49. The normalized spacial score (nSPS) is 19.1. The van der Waals surface area contributed by atoms with E-state index in [9.17, 15) is 13.2 Å². The van der Waals surface area contributed by atoms with Gasteiger partial charge in [0.05, 0.1) is 4.90 Å². The molecule has 0 bridgehead atoms. The molecule has 1 saturated heterocycles. The number of nitrogens with one attached hydrogen (secondary N) is 1. The Bertz CT molecular complexity index is 1410. The van der Waals surface area contributed by atoms with Gasteiger partial charge >= 0.3 is 0 Å². The van der Waals surface area contributed by atoms with Gasteiger partial charge in [-0.2, -0.15) is 4.31 Å². The van der Waals surface area contributed by atoms with Gasteiger partial charge in [0, 0.05) is 41.5 Å². The van der Waals surface area contributed by atoms with Gasteiger partial charge in [-0.1, -0.05) is 24.3 Å². The number of anilines is 1. The Labute approximate surface area is 199 Å². The zero-order valence-corrected chi connectivity index (χ0v) is 19.6. The topological polar surface area (TPSA) is 105 Å². The third-order valence-corrected chi connectivity index (χ3v) is 9.41. The van der Waals surface area contributed by atoms with E-state index in [1.807, 2.05) is 36.4 Å². The number of nitrogens with zero attached hydrogens (tertiary/aromatic N) is 2. The molecule has 1 spiro atoms. The van der Waals surface area contributed by atoms with Gasteiger partial charge in [0.2, 0.25) is 10.0 Å². The first-order valence-electron chi connectivity index (χ1n) is 11.7. The van der Waals surface area contributed by atoms with Gasteiger partial charge in [-0.3, -0.25) is 4.79 Å². The molecule has 3 heterocycles. The fourth-order valence-corrected chi connectivity index (χ4v) is 7.23. The van der Waals surface area contributed by atoms with E-state index >= 15 is 0 Å². The number of rotatable bonds is 4. The number of benzene rings is 2. The van der Waals surface area contributed by atoms with Crippen molar-refractivity contribution in [1.82, 2.24) is 14.6 Å². The van der Waals surface area contributed by atoms with Crippen LogP contribution in [0.15, 0.2) is 59.6 Å². The quantitative estimate of drug-likeness (QED) is 0.601. The molecule has 1 saturated carbocycles. The summed E-state index contributed by atoms with van der Waals surface area (Å²) in [4.78, 5) is 16.8. The molecule has 8 heteroatoms. The van der Waals surface area contributed by atoms with Crippen molar-refractivity contribution in [3.63, 3.8) is 0 Å². The molecule has 3 N–H and O–H groups in total. The fraction of sp³-hybridized carbons (Fsp3) is 0.308. The SMILES string of the molecule is Nc1ncc(-c2ccc(S(=O)(=O)N3CCCC34CC4)cc2)cc1-c1ccc2c(c1)CCNC2=O. The van der Waals surface area contributed by atoms with E-state index in [2.05, 4.69) is 10.3 Å². The van der Waals surface area contributed by atoms with Crippen LogP contribution in [-0.2, 0) is 16.4 Å². The number of fused-ring (bicyclic) bond motifs is 1. The van der Waals surface area contributed by atoms with Crippen molar-refractivity contribution in [2.75, 3.05) is 18.8 Å². The summed E-state index contributed by atoms with van der Waals surface area (Å²) in [5, 5.41) is 2.86. The van der Waals surface area contributed by atoms with Crippen molar-refractivity contribution in [1.29, 1.82) is 0 Å². The predicted molar refractivity (Wildman–Crippen MR) is 131 cm³/mol. The summed E-state index contributed by atoms with van der Waals surface area (Å²) >= 11 is 0. The zero-order chi connectivity index (χ0) is 23.5. The molecule has 2 fully saturated rings. The molecule has 3 aromatic rings. The summed E-state index contributed by atoms with van der Waals surface area (Å²) in [5.74, 6) is 0.358. The zero-order valence-electron chi connectivity index (χ0n) is 18.8. The molecule has 6 rings (SSSR count). The van der Waals surface area contributed by atoms with Crippen molar-refractivity contribution in [2.24, 2.45) is 0 Å². The smallest absolute Gasteiger partial charge is 0.251 e. The summed E-state index contributed by atoms with van der Waals surface area (Å²) in [6.07, 6.45) is 6.32. The molecule has 1 aromatic heterocycles. The van der Waals surface area contributed by atoms with Crippen LogP contribution in [0.2, 0.25) is 0 Å². The average molecular weight is 475 g/mol. The molecule has 0 atom stereocenters. The summed E-state index contributed by atoms with van der Waals surface area (Å²) in [5.41, 5.74) is 11.2. The molecule has 2 aliphatic heterocycles. The number of hydrogen-bond acceptors (Lipinski definition) is 5. The Hall–Kier alpha value is -3.23. The highest BCUT2D eigenvalue weighted by molar-refractivity contribution is 7.89. The van der Waals surface area contributed by atoms with Crippen LogP contribution in [-0.4, -0.2) is 42.2 Å².